The molecule has 1 N–H and O–H groups in total. The van der Waals surface area contributed by atoms with Crippen LogP contribution in [0.2, 0.25) is 0 Å². The number of aromatic nitrogens is 2. The summed E-state index contributed by atoms with van der Waals surface area (Å²) in [6.45, 7) is 6.42. The third-order valence-electron chi connectivity index (χ3n) is 3.69. The molecule has 0 aliphatic carbocycles. The van der Waals surface area contributed by atoms with Crippen LogP contribution in [-0.4, -0.2) is 35.6 Å². The van der Waals surface area contributed by atoms with Crippen molar-refractivity contribution in [2.75, 3.05) is 20.2 Å². The van der Waals surface area contributed by atoms with E-state index in [1.807, 2.05) is 13.3 Å². The van der Waals surface area contributed by atoms with Gasteiger partial charge >= 0.3 is 0 Å². The van der Waals surface area contributed by atoms with Gasteiger partial charge in [0, 0.05) is 31.5 Å². The molecule has 0 radical (unpaired) electrons. The third kappa shape index (κ3) is 2.69. The first-order valence-electron chi connectivity index (χ1n) is 6.45. The second-order valence-corrected chi connectivity index (χ2v) is 5.17. The first kappa shape index (κ1) is 12.6. The average Bonchev–Trinajstić information content (AvgIpc) is 2.78. The van der Waals surface area contributed by atoms with Crippen LogP contribution in [0.3, 0.4) is 0 Å². The maximum atomic E-state index is 5.81. The summed E-state index contributed by atoms with van der Waals surface area (Å²) in [6.07, 6.45) is 5.00. The van der Waals surface area contributed by atoms with Gasteiger partial charge in [-0.05, 0) is 45.8 Å². The number of ether oxygens (including phenoxy) is 1. The molecule has 0 unspecified atom stereocenters. The highest BCUT2D eigenvalue weighted by molar-refractivity contribution is 5.07. The van der Waals surface area contributed by atoms with Crippen molar-refractivity contribution in [3.8, 4) is 0 Å². The Hall–Kier alpha value is -0.870. The van der Waals surface area contributed by atoms with Crippen LogP contribution in [0.5, 0.6) is 0 Å². The fourth-order valence-electron chi connectivity index (χ4n) is 2.61. The molecule has 1 saturated heterocycles. The van der Waals surface area contributed by atoms with Gasteiger partial charge < -0.3 is 10.1 Å². The maximum absolute atomic E-state index is 5.81. The van der Waals surface area contributed by atoms with Crippen molar-refractivity contribution in [2.24, 2.45) is 0 Å². The Morgan fingerprint density at radius 2 is 2.18 bits per heavy atom. The molecule has 0 atom stereocenters. The standard InChI is InChI=1S/C13H23N3O/c1-11(2)16-12(4-7-15-16)10-13(17-3)5-8-14-9-6-13/h4,7,11,14H,5-6,8-10H2,1-3H3. The number of piperidine rings is 1. The van der Waals surface area contributed by atoms with Crippen molar-refractivity contribution in [3.05, 3.63) is 18.0 Å². The molecule has 96 valence electrons. The fourth-order valence-corrected chi connectivity index (χ4v) is 2.61. The van der Waals surface area contributed by atoms with Crippen LogP contribution in [0.4, 0.5) is 0 Å². The lowest BCUT2D eigenvalue weighted by atomic mass is 9.87. The Bertz CT molecular complexity index is 353. The molecule has 2 rings (SSSR count). The Balaban J connectivity index is 2.14. The second-order valence-electron chi connectivity index (χ2n) is 5.17. The normalized spacial score (nSPS) is 19.8. The lowest BCUT2D eigenvalue weighted by molar-refractivity contribution is -0.0348. The van der Waals surface area contributed by atoms with Gasteiger partial charge in [-0.1, -0.05) is 0 Å². The van der Waals surface area contributed by atoms with E-state index in [0.717, 1.165) is 32.4 Å². The van der Waals surface area contributed by atoms with Crippen molar-refractivity contribution in [1.82, 2.24) is 15.1 Å². The molecule has 2 heterocycles. The largest absolute Gasteiger partial charge is 0.378 e. The van der Waals surface area contributed by atoms with Crippen molar-refractivity contribution >= 4 is 0 Å². The van der Waals surface area contributed by atoms with Crippen molar-refractivity contribution in [1.29, 1.82) is 0 Å². The molecular formula is C13H23N3O. The molecule has 1 aromatic rings. The van der Waals surface area contributed by atoms with E-state index in [-0.39, 0.29) is 5.60 Å². The van der Waals surface area contributed by atoms with Gasteiger partial charge in [-0.3, -0.25) is 4.68 Å². The van der Waals surface area contributed by atoms with Crippen molar-refractivity contribution in [3.63, 3.8) is 0 Å². The third-order valence-corrected chi connectivity index (χ3v) is 3.69. The second kappa shape index (κ2) is 5.19. The Morgan fingerprint density at radius 3 is 2.76 bits per heavy atom. The van der Waals surface area contributed by atoms with Gasteiger partial charge in [0.1, 0.15) is 0 Å². The minimum atomic E-state index is -0.00206. The minimum Gasteiger partial charge on any atom is -0.378 e. The smallest absolute Gasteiger partial charge is 0.0758 e. The summed E-state index contributed by atoms with van der Waals surface area (Å²) in [5.74, 6) is 0. The lowest BCUT2D eigenvalue weighted by Gasteiger charge is -2.36. The summed E-state index contributed by atoms with van der Waals surface area (Å²) in [5, 5.41) is 7.78. The summed E-state index contributed by atoms with van der Waals surface area (Å²) < 4.78 is 7.91. The van der Waals surface area contributed by atoms with E-state index in [9.17, 15) is 0 Å². The number of rotatable bonds is 4. The number of nitrogens with one attached hydrogen (secondary N) is 1. The first-order chi connectivity index (χ1) is 8.17. The minimum absolute atomic E-state index is 0.00206. The zero-order valence-corrected chi connectivity index (χ0v) is 11.1. The molecule has 1 aromatic heterocycles. The molecule has 1 fully saturated rings. The summed E-state index contributed by atoms with van der Waals surface area (Å²) in [4.78, 5) is 0. The molecular weight excluding hydrogens is 214 g/mol. The van der Waals surface area contributed by atoms with Gasteiger partial charge in [0.05, 0.1) is 5.60 Å². The number of nitrogens with zero attached hydrogens (tertiary/aromatic N) is 2. The molecule has 0 amide bonds. The highest BCUT2D eigenvalue weighted by Crippen LogP contribution is 2.27. The maximum Gasteiger partial charge on any atom is 0.0758 e. The number of hydrogen-bond donors (Lipinski definition) is 1. The van der Waals surface area contributed by atoms with Crippen LogP contribution in [0.15, 0.2) is 12.3 Å². The van der Waals surface area contributed by atoms with E-state index in [2.05, 4.69) is 35.0 Å². The summed E-state index contributed by atoms with van der Waals surface area (Å²) in [6, 6.07) is 2.53. The number of methoxy groups -OCH3 is 1. The average molecular weight is 237 g/mol. The van der Waals surface area contributed by atoms with Crippen LogP contribution < -0.4 is 5.32 Å². The molecule has 0 aromatic carbocycles. The van der Waals surface area contributed by atoms with Crippen molar-refractivity contribution < 1.29 is 4.74 Å². The van der Waals surface area contributed by atoms with E-state index >= 15 is 0 Å². The van der Waals surface area contributed by atoms with Gasteiger partial charge in [-0.15, -0.1) is 0 Å². The summed E-state index contributed by atoms with van der Waals surface area (Å²) in [7, 11) is 1.83. The van der Waals surface area contributed by atoms with Gasteiger partial charge in [0.2, 0.25) is 0 Å². The van der Waals surface area contributed by atoms with Crippen LogP contribution in [-0.2, 0) is 11.2 Å². The van der Waals surface area contributed by atoms with Gasteiger partial charge in [-0.2, -0.15) is 5.10 Å². The summed E-state index contributed by atoms with van der Waals surface area (Å²) >= 11 is 0. The zero-order valence-electron chi connectivity index (χ0n) is 11.1. The summed E-state index contributed by atoms with van der Waals surface area (Å²) in [5.41, 5.74) is 1.28. The highest BCUT2D eigenvalue weighted by Gasteiger charge is 2.33. The molecule has 1 aliphatic heterocycles. The number of hydrogen-bond acceptors (Lipinski definition) is 3. The van der Waals surface area contributed by atoms with E-state index in [1.165, 1.54) is 5.69 Å². The Morgan fingerprint density at radius 1 is 1.47 bits per heavy atom. The fraction of sp³-hybridized carbons (Fsp3) is 0.769. The van der Waals surface area contributed by atoms with Crippen LogP contribution in [0, 0.1) is 0 Å². The first-order valence-corrected chi connectivity index (χ1v) is 6.45. The van der Waals surface area contributed by atoms with Crippen LogP contribution in [0.1, 0.15) is 38.4 Å². The molecule has 0 spiro atoms. The molecule has 4 heteroatoms. The van der Waals surface area contributed by atoms with Gasteiger partial charge in [-0.25, -0.2) is 0 Å². The van der Waals surface area contributed by atoms with Gasteiger partial charge in [0.15, 0.2) is 0 Å². The Labute approximate surface area is 103 Å². The van der Waals surface area contributed by atoms with Gasteiger partial charge in [0.25, 0.3) is 0 Å². The Kier molecular flexibility index (Phi) is 3.84. The molecule has 0 saturated carbocycles. The lowest BCUT2D eigenvalue weighted by Crippen LogP contribution is -2.45. The van der Waals surface area contributed by atoms with E-state index in [0.29, 0.717) is 6.04 Å². The predicted octanol–water partition coefficient (Wildman–Crippen LogP) is 1.78. The van der Waals surface area contributed by atoms with Crippen LogP contribution >= 0.6 is 0 Å². The quantitative estimate of drug-likeness (QED) is 0.867. The predicted molar refractivity (Wildman–Crippen MR) is 68.2 cm³/mol. The molecule has 17 heavy (non-hydrogen) atoms. The topological polar surface area (TPSA) is 39.1 Å². The van der Waals surface area contributed by atoms with Crippen molar-refractivity contribution in [2.45, 2.75) is 44.8 Å². The van der Waals surface area contributed by atoms with E-state index in [1.54, 1.807) is 0 Å². The highest BCUT2D eigenvalue weighted by atomic mass is 16.5. The monoisotopic (exact) mass is 237 g/mol. The van der Waals surface area contributed by atoms with Crippen LogP contribution in [0.25, 0.3) is 0 Å². The SMILES string of the molecule is COC1(Cc2ccnn2C(C)C)CCNCC1. The van der Waals surface area contributed by atoms with E-state index in [4.69, 9.17) is 4.74 Å². The zero-order chi connectivity index (χ0) is 12.3. The molecule has 1 aliphatic rings. The van der Waals surface area contributed by atoms with E-state index < -0.39 is 0 Å². The molecule has 0 bridgehead atoms. The molecule has 4 nitrogen and oxygen atoms in total.